The van der Waals surface area contributed by atoms with Gasteiger partial charge in [-0.2, -0.15) is 0 Å². The van der Waals surface area contributed by atoms with Crippen LogP contribution in [-0.4, -0.2) is 26.3 Å². The smallest absolute Gasteiger partial charge is 0.337 e. The first kappa shape index (κ1) is 13.1. The molecule has 0 radical (unpaired) electrons. The highest BCUT2D eigenvalue weighted by molar-refractivity contribution is 5.89. The van der Waals surface area contributed by atoms with Crippen LogP contribution in [0.4, 0.5) is 0 Å². The van der Waals surface area contributed by atoms with Gasteiger partial charge >= 0.3 is 5.97 Å². The summed E-state index contributed by atoms with van der Waals surface area (Å²) < 4.78 is 10.1. The van der Waals surface area contributed by atoms with E-state index in [1.54, 1.807) is 6.07 Å². The molecule has 98 valence electrons. The van der Waals surface area contributed by atoms with Crippen molar-refractivity contribution in [2.24, 2.45) is 11.7 Å². The fraction of sp³-hybridized carbons (Fsp3) is 0.500. The standard InChI is InChI=1S/C14H19NO3/c1-17-14(16)12-4-2-3-11(9-12)13(15)10-5-7-18-8-6-10/h2-4,9-10,13H,5-8,15H2,1H3/t13-/m0/s1. The molecule has 2 rings (SSSR count). The summed E-state index contributed by atoms with van der Waals surface area (Å²) in [5, 5.41) is 0. The molecule has 0 spiro atoms. The molecule has 4 heteroatoms. The lowest BCUT2D eigenvalue weighted by Crippen LogP contribution is -2.27. The van der Waals surface area contributed by atoms with Gasteiger partial charge in [-0.05, 0) is 36.5 Å². The van der Waals surface area contributed by atoms with Gasteiger partial charge in [0.05, 0.1) is 12.7 Å². The summed E-state index contributed by atoms with van der Waals surface area (Å²) in [6.45, 7) is 1.55. The van der Waals surface area contributed by atoms with Crippen molar-refractivity contribution in [2.75, 3.05) is 20.3 Å². The summed E-state index contributed by atoms with van der Waals surface area (Å²) >= 11 is 0. The zero-order chi connectivity index (χ0) is 13.0. The predicted octanol–water partition coefficient (Wildman–Crippen LogP) is 1.90. The Hall–Kier alpha value is -1.39. The first-order valence-corrected chi connectivity index (χ1v) is 6.24. The first-order valence-electron chi connectivity index (χ1n) is 6.24. The highest BCUT2D eigenvalue weighted by atomic mass is 16.5. The molecule has 18 heavy (non-hydrogen) atoms. The number of carbonyl (C=O) groups excluding carboxylic acids is 1. The highest BCUT2D eigenvalue weighted by Gasteiger charge is 2.22. The average molecular weight is 249 g/mol. The molecular weight excluding hydrogens is 230 g/mol. The lowest BCUT2D eigenvalue weighted by atomic mass is 9.87. The van der Waals surface area contributed by atoms with Crippen molar-refractivity contribution >= 4 is 5.97 Å². The Morgan fingerprint density at radius 2 is 2.17 bits per heavy atom. The fourth-order valence-corrected chi connectivity index (χ4v) is 2.34. The van der Waals surface area contributed by atoms with E-state index in [9.17, 15) is 4.79 Å². The van der Waals surface area contributed by atoms with Gasteiger partial charge in [0.2, 0.25) is 0 Å². The number of esters is 1. The van der Waals surface area contributed by atoms with Gasteiger partial charge in [0.1, 0.15) is 0 Å². The van der Waals surface area contributed by atoms with Gasteiger partial charge in [-0.3, -0.25) is 0 Å². The fourth-order valence-electron chi connectivity index (χ4n) is 2.34. The molecule has 1 fully saturated rings. The van der Waals surface area contributed by atoms with E-state index in [-0.39, 0.29) is 12.0 Å². The van der Waals surface area contributed by atoms with Gasteiger partial charge in [0, 0.05) is 19.3 Å². The summed E-state index contributed by atoms with van der Waals surface area (Å²) in [5.41, 5.74) is 7.82. The maximum atomic E-state index is 11.5. The molecular formula is C14H19NO3. The van der Waals surface area contributed by atoms with Crippen LogP contribution in [0.3, 0.4) is 0 Å². The Morgan fingerprint density at radius 1 is 1.44 bits per heavy atom. The summed E-state index contributed by atoms with van der Waals surface area (Å²) in [7, 11) is 1.38. The SMILES string of the molecule is COC(=O)c1cccc([C@@H](N)C2CCOCC2)c1. The first-order chi connectivity index (χ1) is 8.72. The molecule has 0 saturated carbocycles. The van der Waals surface area contributed by atoms with Gasteiger partial charge in [-0.25, -0.2) is 4.79 Å². The summed E-state index contributed by atoms with van der Waals surface area (Å²) in [6.07, 6.45) is 1.95. The van der Waals surface area contributed by atoms with Gasteiger partial charge in [0.15, 0.2) is 0 Å². The average Bonchev–Trinajstić information content (AvgIpc) is 2.46. The lowest BCUT2D eigenvalue weighted by molar-refractivity contribution is 0.0578. The zero-order valence-electron chi connectivity index (χ0n) is 10.6. The third-order valence-corrected chi connectivity index (χ3v) is 3.47. The van der Waals surface area contributed by atoms with E-state index in [1.165, 1.54) is 7.11 Å². The maximum absolute atomic E-state index is 11.5. The van der Waals surface area contributed by atoms with Crippen molar-refractivity contribution in [3.8, 4) is 0 Å². The number of hydrogen-bond donors (Lipinski definition) is 1. The van der Waals surface area contributed by atoms with Crippen LogP contribution in [0.5, 0.6) is 0 Å². The number of nitrogens with two attached hydrogens (primary N) is 1. The summed E-state index contributed by atoms with van der Waals surface area (Å²) in [5.74, 6) is 0.0997. The van der Waals surface area contributed by atoms with Gasteiger partial charge in [0.25, 0.3) is 0 Å². The molecule has 2 N–H and O–H groups in total. The number of methoxy groups -OCH3 is 1. The monoisotopic (exact) mass is 249 g/mol. The number of ether oxygens (including phenoxy) is 2. The summed E-state index contributed by atoms with van der Waals surface area (Å²) in [6, 6.07) is 7.34. The van der Waals surface area contributed by atoms with E-state index in [4.69, 9.17) is 15.2 Å². The van der Waals surface area contributed by atoms with E-state index in [0.29, 0.717) is 11.5 Å². The van der Waals surface area contributed by atoms with Crippen molar-refractivity contribution in [3.05, 3.63) is 35.4 Å². The van der Waals surface area contributed by atoms with E-state index in [1.807, 2.05) is 18.2 Å². The minimum atomic E-state index is -0.323. The molecule has 0 unspecified atom stereocenters. The molecule has 0 aliphatic carbocycles. The largest absolute Gasteiger partial charge is 0.465 e. The molecule has 1 aromatic carbocycles. The van der Waals surface area contributed by atoms with Crippen LogP contribution < -0.4 is 5.73 Å². The molecule has 1 aliphatic rings. The second kappa shape index (κ2) is 5.98. The minimum Gasteiger partial charge on any atom is -0.465 e. The normalized spacial score (nSPS) is 18.3. The van der Waals surface area contributed by atoms with Gasteiger partial charge < -0.3 is 15.2 Å². The Balaban J connectivity index is 2.14. The number of carbonyl (C=O) groups is 1. The minimum absolute atomic E-state index is 0.0430. The molecule has 0 aromatic heterocycles. The Bertz CT molecular complexity index is 413. The number of rotatable bonds is 3. The van der Waals surface area contributed by atoms with Crippen molar-refractivity contribution in [1.82, 2.24) is 0 Å². The van der Waals surface area contributed by atoms with Crippen LogP contribution in [0, 0.1) is 5.92 Å². The zero-order valence-corrected chi connectivity index (χ0v) is 10.6. The van der Waals surface area contributed by atoms with Crippen molar-refractivity contribution < 1.29 is 14.3 Å². The lowest BCUT2D eigenvalue weighted by Gasteiger charge is -2.28. The number of hydrogen-bond acceptors (Lipinski definition) is 4. The Kier molecular flexibility index (Phi) is 4.33. The Morgan fingerprint density at radius 3 is 2.83 bits per heavy atom. The van der Waals surface area contributed by atoms with Crippen LogP contribution in [0.25, 0.3) is 0 Å². The van der Waals surface area contributed by atoms with Crippen LogP contribution in [0.15, 0.2) is 24.3 Å². The molecule has 1 atom stereocenters. The van der Waals surface area contributed by atoms with Crippen molar-refractivity contribution in [3.63, 3.8) is 0 Å². The second-order valence-electron chi connectivity index (χ2n) is 4.59. The third kappa shape index (κ3) is 2.89. The maximum Gasteiger partial charge on any atom is 0.337 e. The molecule has 1 heterocycles. The van der Waals surface area contributed by atoms with Crippen molar-refractivity contribution in [1.29, 1.82) is 0 Å². The van der Waals surface area contributed by atoms with Crippen LogP contribution >= 0.6 is 0 Å². The highest BCUT2D eigenvalue weighted by Crippen LogP contribution is 2.28. The number of benzene rings is 1. The van der Waals surface area contributed by atoms with Crippen LogP contribution in [0.2, 0.25) is 0 Å². The third-order valence-electron chi connectivity index (χ3n) is 3.47. The van der Waals surface area contributed by atoms with E-state index < -0.39 is 0 Å². The topological polar surface area (TPSA) is 61.5 Å². The second-order valence-corrected chi connectivity index (χ2v) is 4.59. The van der Waals surface area contributed by atoms with E-state index in [2.05, 4.69) is 0 Å². The van der Waals surface area contributed by atoms with E-state index in [0.717, 1.165) is 31.6 Å². The molecule has 0 bridgehead atoms. The van der Waals surface area contributed by atoms with E-state index >= 15 is 0 Å². The molecule has 1 aliphatic heterocycles. The molecule has 4 nitrogen and oxygen atoms in total. The molecule has 1 aromatic rings. The quantitative estimate of drug-likeness (QED) is 0.831. The van der Waals surface area contributed by atoms with Gasteiger partial charge in [-0.15, -0.1) is 0 Å². The molecule has 1 saturated heterocycles. The molecule has 0 amide bonds. The Labute approximate surface area is 107 Å². The van der Waals surface area contributed by atoms with Gasteiger partial charge in [-0.1, -0.05) is 12.1 Å². The van der Waals surface area contributed by atoms with Crippen molar-refractivity contribution in [2.45, 2.75) is 18.9 Å². The summed E-state index contributed by atoms with van der Waals surface area (Å²) in [4.78, 5) is 11.5. The predicted molar refractivity (Wildman–Crippen MR) is 68.3 cm³/mol. The van der Waals surface area contributed by atoms with Crippen LogP contribution in [0.1, 0.15) is 34.8 Å². The van der Waals surface area contributed by atoms with Crippen LogP contribution in [-0.2, 0) is 9.47 Å².